The van der Waals surface area contributed by atoms with Crippen molar-refractivity contribution >= 4 is 5.69 Å². The minimum atomic E-state index is 0.554. The molecule has 2 heteroatoms. The van der Waals surface area contributed by atoms with Crippen LogP contribution in [0, 0.1) is 11.8 Å². The van der Waals surface area contributed by atoms with Gasteiger partial charge in [0.2, 0.25) is 0 Å². The van der Waals surface area contributed by atoms with Crippen LogP contribution in [0.25, 0.3) is 0 Å². The van der Waals surface area contributed by atoms with E-state index < -0.39 is 0 Å². The highest BCUT2D eigenvalue weighted by atomic mass is 16.5. The lowest BCUT2D eigenvalue weighted by Crippen LogP contribution is -2.18. The molecule has 0 radical (unpaired) electrons. The third kappa shape index (κ3) is 3.65. The first-order valence-corrected chi connectivity index (χ1v) is 6.65. The molecule has 0 aromatic heterocycles. The number of ether oxygens (including phenoxy) is 1. The van der Waals surface area contributed by atoms with E-state index in [1.165, 1.54) is 12.8 Å². The maximum atomic E-state index is 5.84. The molecular weight excluding hydrogens is 210 g/mol. The first-order chi connectivity index (χ1) is 8.16. The van der Waals surface area contributed by atoms with E-state index in [4.69, 9.17) is 4.74 Å². The molecule has 1 atom stereocenters. The van der Waals surface area contributed by atoms with Crippen molar-refractivity contribution in [1.29, 1.82) is 0 Å². The number of hydrogen-bond acceptors (Lipinski definition) is 2. The molecule has 1 unspecified atom stereocenters. The topological polar surface area (TPSA) is 21.3 Å². The van der Waals surface area contributed by atoms with E-state index in [1.807, 2.05) is 12.1 Å². The molecule has 1 aliphatic carbocycles. The summed E-state index contributed by atoms with van der Waals surface area (Å²) in [5.41, 5.74) is 1.13. The fraction of sp³-hybridized carbons (Fsp3) is 0.600. The molecule has 17 heavy (non-hydrogen) atoms. The molecule has 0 bridgehead atoms. The van der Waals surface area contributed by atoms with E-state index in [-0.39, 0.29) is 0 Å². The highest BCUT2D eigenvalue weighted by Crippen LogP contribution is 2.35. The molecule has 2 rings (SSSR count). The standard InChI is InChI=1S/C15H23NO/c1-11(2)10-17-15-7-5-4-6-14(15)16-12(3)13-8-9-13/h4-7,11-13,16H,8-10H2,1-3H3. The molecule has 0 amide bonds. The Morgan fingerprint density at radius 1 is 1.24 bits per heavy atom. The van der Waals surface area contributed by atoms with Crippen molar-refractivity contribution in [3.05, 3.63) is 24.3 Å². The van der Waals surface area contributed by atoms with Gasteiger partial charge < -0.3 is 10.1 Å². The average molecular weight is 233 g/mol. The van der Waals surface area contributed by atoms with E-state index in [9.17, 15) is 0 Å². The van der Waals surface area contributed by atoms with Crippen LogP contribution in [0.4, 0.5) is 5.69 Å². The molecule has 1 fully saturated rings. The Hall–Kier alpha value is -1.18. The van der Waals surface area contributed by atoms with Gasteiger partial charge in [0.1, 0.15) is 5.75 Å². The number of hydrogen-bond donors (Lipinski definition) is 1. The van der Waals surface area contributed by atoms with E-state index in [0.29, 0.717) is 12.0 Å². The molecule has 1 saturated carbocycles. The Labute approximate surface area is 104 Å². The molecule has 2 nitrogen and oxygen atoms in total. The van der Waals surface area contributed by atoms with Gasteiger partial charge in [0, 0.05) is 6.04 Å². The quantitative estimate of drug-likeness (QED) is 0.803. The first kappa shape index (κ1) is 12.3. The van der Waals surface area contributed by atoms with Crippen LogP contribution in [0.1, 0.15) is 33.6 Å². The minimum Gasteiger partial charge on any atom is -0.491 e. The lowest BCUT2D eigenvalue weighted by Gasteiger charge is -2.18. The van der Waals surface area contributed by atoms with Crippen molar-refractivity contribution in [2.75, 3.05) is 11.9 Å². The van der Waals surface area contributed by atoms with Crippen LogP contribution in [0.3, 0.4) is 0 Å². The van der Waals surface area contributed by atoms with Crippen LogP contribution in [-0.2, 0) is 0 Å². The molecule has 0 spiro atoms. The molecule has 0 saturated heterocycles. The lowest BCUT2D eigenvalue weighted by molar-refractivity contribution is 0.272. The number of rotatable bonds is 6. The number of benzene rings is 1. The summed E-state index contributed by atoms with van der Waals surface area (Å²) in [5.74, 6) is 2.39. The van der Waals surface area contributed by atoms with E-state index in [1.54, 1.807) is 0 Å². The van der Waals surface area contributed by atoms with Crippen molar-refractivity contribution < 1.29 is 4.74 Å². The second-order valence-corrected chi connectivity index (χ2v) is 5.47. The largest absolute Gasteiger partial charge is 0.491 e. The van der Waals surface area contributed by atoms with E-state index >= 15 is 0 Å². The number of para-hydroxylation sites is 2. The minimum absolute atomic E-state index is 0.554. The van der Waals surface area contributed by atoms with Gasteiger partial charge in [-0.2, -0.15) is 0 Å². The van der Waals surface area contributed by atoms with Crippen molar-refractivity contribution in [1.82, 2.24) is 0 Å². The maximum Gasteiger partial charge on any atom is 0.142 e. The van der Waals surface area contributed by atoms with E-state index in [2.05, 4.69) is 38.2 Å². The van der Waals surface area contributed by atoms with Crippen molar-refractivity contribution in [3.8, 4) is 5.75 Å². The SMILES string of the molecule is CC(C)COc1ccccc1NC(C)C1CC1. The zero-order valence-corrected chi connectivity index (χ0v) is 11.1. The van der Waals surface area contributed by atoms with Gasteiger partial charge >= 0.3 is 0 Å². The number of nitrogens with one attached hydrogen (secondary N) is 1. The monoisotopic (exact) mass is 233 g/mol. The van der Waals surface area contributed by atoms with Crippen LogP contribution in [0.2, 0.25) is 0 Å². The van der Waals surface area contributed by atoms with Crippen molar-refractivity contribution in [3.63, 3.8) is 0 Å². The van der Waals surface area contributed by atoms with Gasteiger partial charge in [-0.1, -0.05) is 26.0 Å². The molecular formula is C15H23NO. The van der Waals surface area contributed by atoms with Crippen molar-refractivity contribution in [2.45, 2.75) is 39.7 Å². The fourth-order valence-electron chi connectivity index (χ4n) is 1.93. The second-order valence-electron chi connectivity index (χ2n) is 5.47. The molecule has 94 valence electrons. The molecule has 1 aromatic carbocycles. The summed E-state index contributed by atoms with van der Waals surface area (Å²) in [4.78, 5) is 0. The predicted molar refractivity (Wildman–Crippen MR) is 72.6 cm³/mol. The Balaban J connectivity index is 1.98. The first-order valence-electron chi connectivity index (χ1n) is 6.65. The van der Waals surface area contributed by atoms with Crippen molar-refractivity contribution in [2.24, 2.45) is 11.8 Å². The Morgan fingerprint density at radius 3 is 2.59 bits per heavy atom. The van der Waals surface area contributed by atoms with Crippen LogP contribution in [-0.4, -0.2) is 12.6 Å². The summed E-state index contributed by atoms with van der Waals surface area (Å²) < 4.78 is 5.84. The zero-order chi connectivity index (χ0) is 12.3. The fourth-order valence-corrected chi connectivity index (χ4v) is 1.93. The van der Waals surface area contributed by atoms with Gasteiger partial charge in [0.05, 0.1) is 12.3 Å². The van der Waals surface area contributed by atoms with Gasteiger partial charge in [-0.05, 0) is 43.7 Å². The highest BCUT2D eigenvalue weighted by molar-refractivity contribution is 5.56. The molecule has 1 aliphatic rings. The van der Waals surface area contributed by atoms with Gasteiger partial charge in [-0.25, -0.2) is 0 Å². The molecule has 0 aliphatic heterocycles. The van der Waals surface area contributed by atoms with Gasteiger partial charge in [0.15, 0.2) is 0 Å². The molecule has 0 heterocycles. The Morgan fingerprint density at radius 2 is 1.94 bits per heavy atom. The van der Waals surface area contributed by atoms with Crippen LogP contribution < -0.4 is 10.1 Å². The summed E-state index contributed by atoms with van der Waals surface area (Å²) >= 11 is 0. The number of anilines is 1. The summed E-state index contributed by atoms with van der Waals surface area (Å²) in [5, 5.41) is 3.57. The third-order valence-corrected chi connectivity index (χ3v) is 3.17. The maximum absolute atomic E-state index is 5.84. The van der Waals surface area contributed by atoms with Crippen LogP contribution >= 0.6 is 0 Å². The Bertz CT molecular complexity index is 358. The Kier molecular flexibility index (Phi) is 3.93. The smallest absolute Gasteiger partial charge is 0.142 e. The summed E-state index contributed by atoms with van der Waals surface area (Å²) in [6.07, 6.45) is 2.73. The molecule has 1 N–H and O–H groups in total. The summed E-state index contributed by atoms with van der Waals surface area (Å²) in [7, 11) is 0. The molecule has 1 aromatic rings. The van der Waals surface area contributed by atoms with Gasteiger partial charge in [-0.15, -0.1) is 0 Å². The van der Waals surface area contributed by atoms with Gasteiger partial charge in [-0.3, -0.25) is 0 Å². The van der Waals surface area contributed by atoms with Crippen LogP contribution in [0.5, 0.6) is 5.75 Å². The average Bonchev–Trinajstić information content (AvgIpc) is 3.11. The predicted octanol–water partition coefficient (Wildman–Crippen LogP) is 3.93. The summed E-state index contributed by atoms with van der Waals surface area (Å²) in [6, 6.07) is 8.80. The lowest BCUT2D eigenvalue weighted by atomic mass is 10.2. The van der Waals surface area contributed by atoms with Gasteiger partial charge in [0.25, 0.3) is 0 Å². The zero-order valence-electron chi connectivity index (χ0n) is 11.1. The normalized spacial score (nSPS) is 16.9. The second kappa shape index (κ2) is 5.44. The summed E-state index contributed by atoms with van der Waals surface area (Å²) in [6.45, 7) is 7.37. The van der Waals surface area contributed by atoms with E-state index in [0.717, 1.165) is 24.0 Å². The highest BCUT2D eigenvalue weighted by Gasteiger charge is 2.28. The van der Waals surface area contributed by atoms with Crippen LogP contribution in [0.15, 0.2) is 24.3 Å². The third-order valence-electron chi connectivity index (χ3n) is 3.17.